The van der Waals surface area contributed by atoms with Gasteiger partial charge in [0.2, 0.25) is 0 Å². The van der Waals surface area contributed by atoms with Crippen molar-refractivity contribution >= 4 is 54.5 Å². The van der Waals surface area contributed by atoms with Crippen LogP contribution in [0.4, 0.5) is 0 Å². The van der Waals surface area contributed by atoms with Crippen LogP contribution in [0.25, 0.3) is 105 Å². The molecule has 222 valence electrons. The van der Waals surface area contributed by atoms with Gasteiger partial charge in [-0.2, -0.15) is 0 Å². The van der Waals surface area contributed by atoms with Gasteiger partial charge in [-0.1, -0.05) is 115 Å². The van der Waals surface area contributed by atoms with E-state index in [1.165, 1.54) is 77.1 Å². The summed E-state index contributed by atoms with van der Waals surface area (Å²) in [5.74, 6) is 0. The minimum absolute atomic E-state index is 0.903. The molecule has 0 saturated heterocycles. The minimum Gasteiger partial charge on any atom is -0.456 e. The second-order valence-electron chi connectivity index (χ2n) is 12.8. The predicted octanol–water partition coefficient (Wildman–Crippen LogP) is 12.8. The molecule has 48 heavy (non-hydrogen) atoms. The number of fused-ring (bicyclic) bond motifs is 9. The van der Waals surface area contributed by atoms with Crippen molar-refractivity contribution in [3.05, 3.63) is 164 Å². The molecule has 0 spiro atoms. The molecular formula is C46H27NO. The molecule has 11 rings (SSSR count). The van der Waals surface area contributed by atoms with Crippen molar-refractivity contribution in [2.45, 2.75) is 0 Å². The highest BCUT2D eigenvalue weighted by Crippen LogP contribution is 2.49. The lowest BCUT2D eigenvalue weighted by Gasteiger charge is -2.10. The molecular weight excluding hydrogens is 583 g/mol. The highest BCUT2D eigenvalue weighted by Gasteiger charge is 2.23. The number of hydrogen-bond acceptors (Lipinski definition) is 1. The van der Waals surface area contributed by atoms with Gasteiger partial charge in [0.05, 0.1) is 11.0 Å². The first kappa shape index (κ1) is 25.8. The highest BCUT2D eigenvalue weighted by molar-refractivity contribution is 6.20. The van der Waals surface area contributed by atoms with Gasteiger partial charge in [0.1, 0.15) is 11.2 Å². The number of aromatic nitrogens is 1. The SMILES string of the molecule is c1ccc(-n2c3ccccc3c3c(-c4ccc5oc6ccc(-c7ccc8c9c(cccc79)-c7ccccc7-8)cc6c5c4)cccc32)cc1. The van der Waals surface area contributed by atoms with Gasteiger partial charge in [-0.25, -0.2) is 0 Å². The third kappa shape index (κ3) is 3.46. The summed E-state index contributed by atoms with van der Waals surface area (Å²) in [5.41, 5.74) is 15.5. The second kappa shape index (κ2) is 9.57. The fraction of sp³-hybridized carbons (Fsp3) is 0. The summed E-state index contributed by atoms with van der Waals surface area (Å²) < 4.78 is 8.81. The summed E-state index contributed by atoms with van der Waals surface area (Å²) in [7, 11) is 0. The molecule has 2 aromatic heterocycles. The number of hydrogen-bond donors (Lipinski definition) is 0. The van der Waals surface area contributed by atoms with Gasteiger partial charge in [0, 0.05) is 27.2 Å². The normalized spacial score (nSPS) is 12.2. The summed E-state index contributed by atoms with van der Waals surface area (Å²) in [6, 6.07) is 59.4. The quantitative estimate of drug-likeness (QED) is 0.195. The molecule has 0 aliphatic heterocycles. The monoisotopic (exact) mass is 609 g/mol. The summed E-state index contributed by atoms with van der Waals surface area (Å²) >= 11 is 0. The van der Waals surface area contributed by atoms with Crippen LogP contribution >= 0.6 is 0 Å². The lowest BCUT2D eigenvalue weighted by atomic mass is 9.93. The topological polar surface area (TPSA) is 18.1 Å². The van der Waals surface area contributed by atoms with E-state index in [1.54, 1.807) is 0 Å². The van der Waals surface area contributed by atoms with Crippen molar-refractivity contribution in [1.82, 2.24) is 4.57 Å². The van der Waals surface area contributed by atoms with Gasteiger partial charge in [-0.05, 0) is 104 Å². The van der Waals surface area contributed by atoms with Crippen LogP contribution in [0.1, 0.15) is 0 Å². The maximum atomic E-state index is 6.43. The lowest BCUT2D eigenvalue weighted by molar-refractivity contribution is 0.669. The number of furan rings is 1. The van der Waals surface area contributed by atoms with Crippen molar-refractivity contribution in [2.75, 3.05) is 0 Å². The average Bonchev–Trinajstić information content (AvgIpc) is 3.80. The fourth-order valence-electron chi connectivity index (χ4n) is 8.29. The lowest BCUT2D eigenvalue weighted by Crippen LogP contribution is -1.92. The van der Waals surface area contributed by atoms with Gasteiger partial charge in [0.15, 0.2) is 0 Å². The Morgan fingerprint density at radius 3 is 1.69 bits per heavy atom. The van der Waals surface area contributed by atoms with Gasteiger partial charge < -0.3 is 8.98 Å². The first-order valence-electron chi connectivity index (χ1n) is 16.5. The maximum absolute atomic E-state index is 6.43. The molecule has 2 nitrogen and oxygen atoms in total. The molecule has 2 heteroatoms. The van der Waals surface area contributed by atoms with E-state index < -0.39 is 0 Å². The van der Waals surface area contributed by atoms with Crippen LogP contribution in [0, 0.1) is 0 Å². The molecule has 0 radical (unpaired) electrons. The van der Waals surface area contributed by atoms with Crippen LogP contribution in [-0.4, -0.2) is 4.57 Å². The van der Waals surface area contributed by atoms with Gasteiger partial charge >= 0.3 is 0 Å². The molecule has 0 N–H and O–H groups in total. The molecule has 0 unspecified atom stereocenters. The number of nitrogens with zero attached hydrogens (tertiary/aromatic N) is 1. The number of rotatable bonds is 3. The zero-order valence-electron chi connectivity index (χ0n) is 25.9. The third-order valence-electron chi connectivity index (χ3n) is 10.4. The summed E-state index contributed by atoms with van der Waals surface area (Å²) in [6.45, 7) is 0. The van der Waals surface area contributed by atoms with Crippen molar-refractivity contribution < 1.29 is 4.42 Å². The molecule has 0 fully saturated rings. The Morgan fingerprint density at radius 1 is 0.333 bits per heavy atom. The van der Waals surface area contributed by atoms with E-state index >= 15 is 0 Å². The zero-order valence-corrected chi connectivity index (χ0v) is 25.9. The predicted molar refractivity (Wildman–Crippen MR) is 201 cm³/mol. The molecule has 2 heterocycles. The van der Waals surface area contributed by atoms with Crippen LogP contribution in [0.3, 0.4) is 0 Å². The fourth-order valence-corrected chi connectivity index (χ4v) is 8.29. The van der Waals surface area contributed by atoms with Crippen molar-refractivity contribution in [1.29, 1.82) is 0 Å². The van der Waals surface area contributed by atoms with Crippen molar-refractivity contribution in [2.24, 2.45) is 0 Å². The average molecular weight is 610 g/mol. The van der Waals surface area contributed by atoms with E-state index in [4.69, 9.17) is 4.42 Å². The van der Waals surface area contributed by atoms with E-state index in [0.29, 0.717) is 0 Å². The molecule has 8 aromatic carbocycles. The van der Waals surface area contributed by atoms with Gasteiger partial charge in [0.25, 0.3) is 0 Å². The molecule has 0 amide bonds. The Balaban J connectivity index is 1.11. The van der Waals surface area contributed by atoms with Crippen molar-refractivity contribution in [3.63, 3.8) is 0 Å². The van der Waals surface area contributed by atoms with Gasteiger partial charge in [-0.3, -0.25) is 0 Å². The largest absolute Gasteiger partial charge is 0.456 e. The summed E-state index contributed by atoms with van der Waals surface area (Å²) in [4.78, 5) is 0. The third-order valence-corrected chi connectivity index (χ3v) is 10.4. The smallest absolute Gasteiger partial charge is 0.135 e. The van der Waals surface area contributed by atoms with Crippen molar-refractivity contribution in [3.8, 4) is 50.2 Å². The van der Waals surface area contributed by atoms with E-state index in [1.807, 2.05) is 0 Å². The Morgan fingerprint density at radius 2 is 0.896 bits per heavy atom. The van der Waals surface area contributed by atoms with E-state index in [0.717, 1.165) is 27.6 Å². The Kier molecular flexibility index (Phi) is 5.14. The Hall–Kier alpha value is -6.38. The minimum atomic E-state index is 0.903. The van der Waals surface area contributed by atoms with Crippen LogP contribution in [0.5, 0.6) is 0 Å². The molecule has 0 bridgehead atoms. The standard InChI is InChI=1S/C46H27NO/c1-2-10-30(11-3-1)47-41-18-7-6-14-38(41)46-32(15-9-19-42(46)47)29-21-25-44-40(27-29)39-26-28(20-24-43(39)48-44)31-22-23-37-34-13-5-4-12-33(34)36-17-8-16-35(31)45(36)37/h1-27H. The summed E-state index contributed by atoms with van der Waals surface area (Å²) in [5, 5.41) is 7.41. The van der Waals surface area contributed by atoms with Gasteiger partial charge in [-0.15, -0.1) is 0 Å². The Labute approximate surface area is 276 Å². The zero-order chi connectivity index (χ0) is 31.3. The van der Waals surface area contributed by atoms with Crippen LogP contribution in [0.2, 0.25) is 0 Å². The second-order valence-corrected chi connectivity index (χ2v) is 12.8. The molecule has 0 saturated carbocycles. The maximum Gasteiger partial charge on any atom is 0.135 e. The Bertz CT molecular complexity index is 2910. The van der Waals surface area contributed by atoms with Crippen LogP contribution in [0.15, 0.2) is 168 Å². The number of para-hydroxylation sites is 2. The molecule has 10 aromatic rings. The molecule has 1 aliphatic carbocycles. The first-order chi connectivity index (χ1) is 23.8. The van der Waals surface area contributed by atoms with Crippen LogP contribution in [-0.2, 0) is 0 Å². The highest BCUT2D eigenvalue weighted by atomic mass is 16.3. The van der Waals surface area contributed by atoms with E-state index in [2.05, 4.69) is 168 Å². The summed E-state index contributed by atoms with van der Waals surface area (Å²) in [6.07, 6.45) is 0. The van der Waals surface area contributed by atoms with E-state index in [-0.39, 0.29) is 0 Å². The molecule has 0 atom stereocenters. The molecule has 1 aliphatic rings. The van der Waals surface area contributed by atoms with Crippen LogP contribution < -0.4 is 0 Å². The first-order valence-corrected chi connectivity index (χ1v) is 16.5. The van der Waals surface area contributed by atoms with E-state index in [9.17, 15) is 0 Å². The number of benzene rings is 8.